The molecule has 0 fully saturated rings. The summed E-state index contributed by atoms with van der Waals surface area (Å²) in [4.78, 5) is 40.4. The number of carbonyl (C=O) groups is 3. The maximum Gasteiger partial charge on any atom is 0.340 e. The molecule has 0 bridgehead atoms. The van der Waals surface area contributed by atoms with Gasteiger partial charge in [0.15, 0.2) is 5.54 Å². The molecule has 26 heavy (non-hydrogen) atoms. The fourth-order valence-corrected chi connectivity index (χ4v) is 2.71. The van der Waals surface area contributed by atoms with Crippen LogP contribution in [0.5, 0.6) is 0 Å². The first-order valence-electron chi connectivity index (χ1n) is 7.96. The number of carbonyl (C=O) groups excluding carboxylic acids is 3. The molecule has 0 unspecified atom stereocenters. The zero-order valence-electron chi connectivity index (χ0n) is 15.3. The topological polar surface area (TPSA) is 111 Å². The zero-order valence-corrected chi connectivity index (χ0v) is 15.3. The second-order valence-corrected chi connectivity index (χ2v) is 6.87. The SMILES string of the molecule is CC(=O)ON(C(C)=O)c1ccc(C(=O)O[C@]2(C)CC(C)(C)[N+]([O-])=N2)cc1. The molecule has 0 aromatic heterocycles. The van der Waals surface area contributed by atoms with Crippen LogP contribution in [0.4, 0.5) is 5.69 Å². The third kappa shape index (κ3) is 4.16. The van der Waals surface area contributed by atoms with Crippen molar-refractivity contribution < 1.29 is 28.8 Å². The summed E-state index contributed by atoms with van der Waals surface area (Å²) in [5.41, 5.74) is -1.51. The molecule has 9 heteroatoms. The molecule has 1 aliphatic rings. The van der Waals surface area contributed by atoms with Crippen molar-refractivity contribution in [2.24, 2.45) is 5.11 Å². The lowest BCUT2D eigenvalue weighted by Crippen LogP contribution is -2.34. The number of hydroxylamine groups is 2. The van der Waals surface area contributed by atoms with E-state index in [1.807, 2.05) is 0 Å². The van der Waals surface area contributed by atoms with Crippen molar-refractivity contribution in [2.45, 2.75) is 52.3 Å². The number of esters is 1. The Morgan fingerprint density at radius 1 is 1.15 bits per heavy atom. The van der Waals surface area contributed by atoms with Crippen LogP contribution in [0.1, 0.15) is 51.4 Å². The Balaban J connectivity index is 2.14. The molecule has 0 spiro atoms. The molecule has 1 heterocycles. The minimum absolute atomic E-state index is 0.207. The summed E-state index contributed by atoms with van der Waals surface area (Å²) in [6.45, 7) is 7.40. The molecule has 0 N–H and O–H groups in total. The summed E-state index contributed by atoms with van der Waals surface area (Å²) in [6, 6.07) is 5.74. The zero-order chi connectivity index (χ0) is 19.7. The molecule has 9 nitrogen and oxygen atoms in total. The predicted molar refractivity (Wildman–Crippen MR) is 89.9 cm³/mol. The van der Waals surface area contributed by atoms with E-state index in [0.717, 1.165) is 5.06 Å². The first-order valence-corrected chi connectivity index (χ1v) is 7.96. The van der Waals surface area contributed by atoms with Gasteiger partial charge in [-0.15, -0.1) is 5.06 Å². The normalized spacial score (nSPS) is 20.9. The van der Waals surface area contributed by atoms with E-state index in [1.54, 1.807) is 20.8 Å². The molecule has 1 atom stereocenters. The number of amides is 1. The van der Waals surface area contributed by atoms with Crippen molar-refractivity contribution in [3.8, 4) is 0 Å². The van der Waals surface area contributed by atoms with E-state index in [9.17, 15) is 19.6 Å². The van der Waals surface area contributed by atoms with Gasteiger partial charge in [-0.2, -0.15) is 0 Å². The molecule has 1 aliphatic heterocycles. The van der Waals surface area contributed by atoms with E-state index in [2.05, 4.69) is 5.11 Å². The number of rotatable bonds is 3. The molecule has 0 saturated heterocycles. The van der Waals surface area contributed by atoms with Crippen molar-refractivity contribution in [2.75, 3.05) is 5.06 Å². The van der Waals surface area contributed by atoms with E-state index < -0.39 is 29.1 Å². The van der Waals surface area contributed by atoms with E-state index in [1.165, 1.54) is 38.1 Å². The number of benzene rings is 1. The Morgan fingerprint density at radius 3 is 2.15 bits per heavy atom. The van der Waals surface area contributed by atoms with Gasteiger partial charge in [0, 0.05) is 39.7 Å². The minimum atomic E-state index is -1.25. The van der Waals surface area contributed by atoms with Crippen molar-refractivity contribution >= 4 is 23.5 Å². The molecule has 1 amide bonds. The minimum Gasteiger partial charge on any atom is -0.599 e. The van der Waals surface area contributed by atoms with Gasteiger partial charge in [-0.05, 0) is 24.3 Å². The molecule has 140 valence electrons. The van der Waals surface area contributed by atoms with Crippen LogP contribution in [0, 0.1) is 5.21 Å². The second kappa shape index (κ2) is 6.74. The third-order valence-corrected chi connectivity index (χ3v) is 3.74. The number of nitrogens with zero attached hydrogens (tertiary/aromatic N) is 3. The van der Waals surface area contributed by atoms with E-state index >= 15 is 0 Å². The quantitative estimate of drug-likeness (QED) is 0.353. The molecule has 1 aromatic carbocycles. The number of azo groups is 1. The fraction of sp³-hybridized carbons (Fsp3) is 0.471. The highest BCUT2D eigenvalue weighted by molar-refractivity contribution is 5.93. The highest BCUT2D eigenvalue weighted by atomic mass is 16.7. The molecular formula is C17H21N3O6. The van der Waals surface area contributed by atoms with Crippen LogP contribution in [-0.4, -0.2) is 34.0 Å². The van der Waals surface area contributed by atoms with Gasteiger partial charge in [-0.25, -0.2) is 9.59 Å². The Bertz CT molecular complexity index is 771. The Labute approximate surface area is 150 Å². The van der Waals surface area contributed by atoms with Crippen LogP contribution in [0.15, 0.2) is 29.4 Å². The molecule has 2 rings (SSSR count). The third-order valence-electron chi connectivity index (χ3n) is 3.74. The monoisotopic (exact) mass is 363 g/mol. The first kappa shape index (κ1) is 19.4. The highest BCUT2D eigenvalue weighted by Gasteiger charge is 2.50. The predicted octanol–water partition coefficient (Wildman–Crippen LogP) is 2.54. The summed E-state index contributed by atoms with van der Waals surface area (Å²) >= 11 is 0. The van der Waals surface area contributed by atoms with Crippen LogP contribution in [0.25, 0.3) is 0 Å². The van der Waals surface area contributed by atoms with Crippen LogP contribution in [0.2, 0.25) is 0 Å². The first-order chi connectivity index (χ1) is 11.9. The van der Waals surface area contributed by atoms with Gasteiger partial charge in [-0.1, -0.05) is 4.86 Å². The molecule has 0 saturated carbocycles. The van der Waals surface area contributed by atoms with Gasteiger partial charge in [0.2, 0.25) is 0 Å². The van der Waals surface area contributed by atoms with Gasteiger partial charge in [0.25, 0.3) is 11.6 Å². The highest BCUT2D eigenvalue weighted by Crippen LogP contribution is 2.35. The van der Waals surface area contributed by atoms with Crippen LogP contribution >= 0.6 is 0 Å². The molecular weight excluding hydrogens is 342 g/mol. The van der Waals surface area contributed by atoms with E-state index in [0.29, 0.717) is 4.86 Å². The van der Waals surface area contributed by atoms with Gasteiger partial charge in [0.1, 0.15) is 0 Å². The Kier molecular flexibility index (Phi) is 5.02. The van der Waals surface area contributed by atoms with Crippen molar-refractivity contribution in [1.82, 2.24) is 0 Å². The van der Waals surface area contributed by atoms with Gasteiger partial charge < -0.3 is 14.8 Å². The standard InChI is InChI=1S/C17H21N3O6/c1-11(21)19(26-12(2)22)14-8-6-13(7-9-14)15(23)25-17(5)10-16(3,4)20(24)18-17/h6-9H,10H2,1-5H3/t17-/m1/s1. The largest absolute Gasteiger partial charge is 0.599 e. The van der Waals surface area contributed by atoms with Crippen molar-refractivity contribution in [3.63, 3.8) is 0 Å². The maximum absolute atomic E-state index is 12.3. The lowest BCUT2D eigenvalue weighted by molar-refractivity contribution is -0.589. The van der Waals surface area contributed by atoms with Gasteiger partial charge in [-0.3, -0.25) is 4.79 Å². The lowest BCUT2D eigenvalue weighted by atomic mass is 9.97. The van der Waals surface area contributed by atoms with Gasteiger partial charge in [0.05, 0.1) is 17.7 Å². The second-order valence-electron chi connectivity index (χ2n) is 6.87. The molecule has 0 aliphatic carbocycles. The summed E-state index contributed by atoms with van der Waals surface area (Å²) in [6.07, 6.45) is 0.262. The summed E-state index contributed by atoms with van der Waals surface area (Å²) in [7, 11) is 0. The lowest BCUT2D eigenvalue weighted by Gasteiger charge is -2.20. The van der Waals surface area contributed by atoms with Crippen LogP contribution in [0.3, 0.4) is 0 Å². The van der Waals surface area contributed by atoms with Gasteiger partial charge >= 0.3 is 11.9 Å². The average molecular weight is 363 g/mol. The number of ether oxygens (including phenoxy) is 1. The van der Waals surface area contributed by atoms with E-state index in [-0.39, 0.29) is 17.7 Å². The molecule has 1 aromatic rings. The summed E-state index contributed by atoms with van der Waals surface area (Å²) in [5.74, 6) is -1.80. The van der Waals surface area contributed by atoms with Crippen LogP contribution < -0.4 is 5.06 Å². The number of anilines is 1. The fourth-order valence-electron chi connectivity index (χ4n) is 2.71. The summed E-state index contributed by atoms with van der Waals surface area (Å²) in [5, 5.41) is 16.5. The smallest absolute Gasteiger partial charge is 0.340 e. The Morgan fingerprint density at radius 2 is 1.73 bits per heavy atom. The Hall–Kier alpha value is -2.97. The van der Waals surface area contributed by atoms with Crippen LogP contribution in [-0.2, 0) is 19.2 Å². The maximum atomic E-state index is 12.3. The van der Waals surface area contributed by atoms with E-state index in [4.69, 9.17) is 9.57 Å². The molecule has 0 radical (unpaired) electrons. The van der Waals surface area contributed by atoms with Crippen molar-refractivity contribution in [3.05, 3.63) is 35.0 Å². The number of hydrogen-bond donors (Lipinski definition) is 0. The summed E-state index contributed by atoms with van der Waals surface area (Å²) < 4.78 is 5.39. The van der Waals surface area contributed by atoms with Crippen molar-refractivity contribution in [1.29, 1.82) is 0 Å². The average Bonchev–Trinajstić information content (AvgIpc) is 2.71. The number of hydrogen-bond acceptors (Lipinski definition) is 7.